The normalized spacial score (nSPS) is 12.3. The van der Waals surface area contributed by atoms with Crippen molar-refractivity contribution in [2.24, 2.45) is 5.92 Å². The molecule has 0 N–H and O–H groups in total. The molecule has 2 aromatic heterocycles. The zero-order valence-electron chi connectivity index (χ0n) is 17.8. The van der Waals surface area contributed by atoms with E-state index in [1.807, 2.05) is 13.8 Å². The van der Waals surface area contributed by atoms with Crippen molar-refractivity contribution < 1.29 is 14.3 Å². The van der Waals surface area contributed by atoms with Crippen LogP contribution in [0.1, 0.15) is 33.7 Å². The van der Waals surface area contributed by atoms with E-state index < -0.39 is 23.3 Å². The number of aromatic nitrogens is 4. The Labute approximate surface area is 173 Å². The van der Waals surface area contributed by atoms with E-state index in [1.165, 1.54) is 27.1 Å². The van der Waals surface area contributed by atoms with Crippen LogP contribution >= 0.6 is 0 Å². The molecule has 0 radical (unpaired) electrons. The molecule has 3 aromatic rings. The van der Waals surface area contributed by atoms with Gasteiger partial charge in [0, 0.05) is 6.54 Å². The molecule has 0 amide bonds. The summed E-state index contributed by atoms with van der Waals surface area (Å²) in [6.45, 7) is 7.63. The average Bonchev–Trinajstić information content (AvgIpc) is 3.15. The average molecular weight is 414 g/mol. The van der Waals surface area contributed by atoms with Gasteiger partial charge in [-0.1, -0.05) is 26.0 Å². The van der Waals surface area contributed by atoms with Gasteiger partial charge in [0.05, 0.1) is 25.7 Å². The van der Waals surface area contributed by atoms with Crippen molar-refractivity contribution in [3.05, 3.63) is 51.4 Å². The summed E-state index contributed by atoms with van der Waals surface area (Å²) >= 11 is 0. The van der Waals surface area contributed by atoms with Crippen LogP contribution in [0.4, 0.5) is 0 Å². The molecular formula is C21H26N4O5. The summed E-state index contributed by atoms with van der Waals surface area (Å²) in [5.74, 6) is 0.0307. The summed E-state index contributed by atoms with van der Waals surface area (Å²) < 4.78 is 14.5. The predicted octanol–water partition coefficient (Wildman–Crippen LogP) is 2.14. The first-order chi connectivity index (χ1) is 14.3. The quantitative estimate of drug-likeness (QED) is 0.550. The van der Waals surface area contributed by atoms with Crippen LogP contribution in [-0.4, -0.2) is 38.4 Å². The number of fused-ring (bicyclic) bond motifs is 1. The molecule has 160 valence electrons. The second kappa shape index (κ2) is 8.56. The number of carbonyl (C=O) groups is 1. The van der Waals surface area contributed by atoms with Crippen LogP contribution < -0.4 is 16.0 Å². The third kappa shape index (κ3) is 3.62. The standard InChI is InChI=1S/C21H26N4O5/c1-6-30-20(27)14(4)24-12-22-18-17(24)19(26)23(11-13(2)3)21(28)25(18)15-9-7-8-10-16(15)29-5/h7-10,12-14H,6,11H2,1-5H3/t14-/m0/s1. The summed E-state index contributed by atoms with van der Waals surface area (Å²) in [7, 11) is 1.51. The van der Waals surface area contributed by atoms with Crippen molar-refractivity contribution in [1.82, 2.24) is 18.7 Å². The zero-order valence-corrected chi connectivity index (χ0v) is 17.8. The van der Waals surface area contributed by atoms with Gasteiger partial charge in [0.15, 0.2) is 11.2 Å². The van der Waals surface area contributed by atoms with Crippen molar-refractivity contribution in [2.45, 2.75) is 40.3 Å². The lowest BCUT2D eigenvalue weighted by Crippen LogP contribution is -2.41. The first-order valence-electron chi connectivity index (χ1n) is 9.84. The topological polar surface area (TPSA) is 97.4 Å². The summed E-state index contributed by atoms with van der Waals surface area (Å²) in [4.78, 5) is 43.3. The smallest absolute Gasteiger partial charge is 0.337 e. The van der Waals surface area contributed by atoms with Crippen molar-refractivity contribution >= 4 is 17.1 Å². The summed E-state index contributed by atoms with van der Waals surface area (Å²) in [5.41, 5.74) is -0.239. The molecule has 30 heavy (non-hydrogen) atoms. The molecule has 1 atom stereocenters. The van der Waals surface area contributed by atoms with Gasteiger partial charge in [-0.3, -0.25) is 9.36 Å². The van der Waals surface area contributed by atoms with Gasteiger partial charge in [0.25, 0.3) is 5.56 Å². The Morgan fingerprint density at radius 2 is 1.87 bits per heavy atom. The largest absolute Gasteiger partial charge is 0.495 e. The SMILES string of the molecule is CCOC(=O)[C@H](C)n1cnc2c1c(=O)n(CC(C)C)c(=O)n2-c1ccccc1OC. The number of esters is 1. The first-order valence-corrected chi connectivity index (χ1v) is 9.84. The molecule has 0 unspecified atom stereocenters. The zero-order chi connectivity index (χ0) is 22.0. The molecular weight excluding hydrogens is 388 g/mol. The van der Waals surface area contributed by atoms with E-state index in [4.69, 9.17) is 9.47 Å². The molecule has 0 bridgehead atoms. The van der Waals surface area contributed by atoms with Crippen molar-refractivity contribution in [2.75, 3.05) is 13.7 Å². The molecule has 0 spiro atoms. The van der Waals surface area contributed by atoms with E-state index >= 15 is 0 Å². The van der Waals surface area contributed by atoms with Gasteiger partial charge in [0.2, 0.25) is 0 Å². The predicted molar refractivity (Wildman–Crippen MR) is 112 cm³/mol. The van der Waals surface area contributed by atoms with E-state index in [2.05, 4.69) is 4.98 Å². The highest BCUT2D eigenvalue weighted by atomic mass is 16.5. The number of carbonyl (C=O) groups excluding carboxylic acids is 1. The van der Waals surface area contributed by atoms with Crippen LogP contribution in [0.5, 0.6) is 5.75 Å². The second-order valence-electron chi connectivity index (χ2n) is 7.35. The molecule has 0 aliphatic heterocycles. The number of rotatable bonds is 7. The Bertz CT molecular complexity index is 1190. The number of benzene rings is 1. The maximum atomic E-state index is 13.4. The van der Waals surface area contributed by atoms with Gasteiger partial charge in [0.1, 0.15) is 11.8 Å². The number of nitrogens with zero attached hydrogens (tertiary/aromatic N) is 4. The van der Waals surface area contributed by atoms with Crippen LogP contribution in [0.3, 0.4) is 0 Å². The van der Waals surface area contributed by atoms with Gasteiger partial charge in [-0.2, -0.15) is 0 Å². The lowest BCUT2D eigenvalue weighted by molar-refractivity contribution is -0.146. The minimum Gasteiger partial charge on any atom is -0.495 e. The van der Waals surface area contributed by atoms with E-state index in [0.29, 0.717) is 11.4 Å². The van der Waals surface area contributed by atoms with Crippen LogP contribution in [0.15, 0.2) is 40.2 Å². The molecule has 0 saturated heterocycles. The fourth-order valence-corrected chi connectivity index (χ4v) is 3.37. The Balaban J connectivity index is 2.41. The molecule has 9 nitrogen and oxygen atoms in total. The molecule has 3 rings (SSSR count). The van der Waals surface area contributed by atoms with Crippen molar-refractivity contribution in [3.63, 3.8) is 0 Å². The number of methoxy groups -OCH3 is 1. The molecule has 1 aromatic carbocycles. The summed E-state index contributed by atoms with van der Waals surface area (Å²) in [6, 6.07) is 6.22. The Morgan fingerprint density at radius 3 is 2.50 bits per heavy atom. The molecule has 0 aliphatic rings. The monoisotopic (exact) mass is 414 g/mol. The van der Waals surface area contributed by atoms with E-state index in [-0.39, 0.29) is 30.2 Å². The number of imidazole rings is 1. The van der Waals surface area contributed by atoms with Gasteiger partial charge < -0.3 is 14.0 Å². The highest BCUT2D eigenvalue weighted by Gasteiger charge is 2.25. The van der Waals surface area contributed by atoms with E-state index in [0.717, 1.165) is 0 Å². The molecule has 0 saturated carbocycles. The third-order valence-corrected chi connectivity index (χ3v) is 4.77. The van der Waals surface area contributed by atoms with E-state index in [9.17, 15) is 14.4 Å². The molecule has 0 aliphatic carbocycles. The highest BCUT2D eigenvalue weighted by Crippen LogP contribution is 2.24. The number of hydrogen-bond donors (Lipinski definition) is 0. The maximum absolute atomic E-state index is 13.4. The molecule has 2 heterocycles. The van der Waals surface area contributed by atoms with Gasteiger partial charge in [-0.15, -0.1) is 0 Å². The summed E-state index contributed by atoms with van der Waals surface area (Å²) in [6.07, 6.45) is 1.39. The fourth-order valence-electron chi connectivity index (χ4n) is 3.37. The first kappa shape index (κ1) is 21.4. The maximum Gasteiger partial charge on any atom is 0.337 e. The lowest BCUT2D eigenvalue weighted by Gasteiger charge is -2.17. The highest BCUT2D eigenvalue weighted by molar-refractivity contribution is 5.79. The number of para-hydroxylation sites is 2. The lowest BCUT2D eigenvalue weighted by atomic mass is 10.2. The minimum atomic E-state index is -0.779. The fraction of sp³-hybridized carbons (Fsp3) is 0.429. The van der Waals surface area contributed by atoms with Crippen LogP contribution in [-0.2, 0) is 16.1 Å². The van der Waals surface area contributed by atoms with Gasteiger partial charge in [-0.05, 0) is 31.9 Å². The third-order valence-electron chi connectivity index (χ3n) is 4.77. The van der Waals surface area contributed by atoms with Crippen LogP contribution in [0.2, 0.25) is 0 Å². The molecule has 0 fully saturated rings. The van der Waals surface area contributed by atoms with E-state index in [1.54, 1.807) is 38.1 Å². The Hall–Kier alpha value is -3.36. The Kier molecular flexibility index (Phi) is 6.09. The second-order valence-corrected chi connectivity index (χ2v) is 7.35. The summed E-state index contributed by atoms with van der Waals surface area (Å²) in [5, 5.41) is 0. The molecule has 9 heteroatoms. The minimum absolute atomic E-state index is 0.0535. The van der Waals surface area contributed by atoms with Gasteiger partial charge >= 0.3 is 11.7 Å². The van der Waals surface area contributed by atoms with Crippen molar-refractivity contribution in [1.29, 1.82) is 0 Å². The van der Waals surface area contributed by atoms with Crippen molar-refractivity contribution in [3.8, 4) is 11.4 Å². The Morgan fingerprint density at radius 1 is 1.17 bits per heavy atom. The van der Waals surface area contributed by atoms with Crippen LogP contribution in [0, 0.1) is 5.92 Å². The van der Waals surface area contributed by atoms with Crippen LogP contribution in [0.25, 0.3) is 16.9 Å². The number of ether oxygens (including phenoxy) is 2. The van der Waals surface area contributed by atoms with Gasteiger partial charge in [-0.25, -0.2) is 19.1 Å². The number of hydrogen-bond acceptors (Lipinski definition) is 6.